The third kappa shape index (κ3) is 3.79. The minimum absolute atomic E-state index is 0.114. The van der Waals surface area contributed by atoms with E-state index in [1.54, 1.807) is 24.3 Å². The SMILES string of the molecule is O=S(=O)(c1ccc(Br)cc1)c1nnn2c1nc(N1CCN(c3ccccc3F)CC1)c1ccccc12. The fraction of sp³-hybridized carbons (Fsp3) is 0.160. The highest BCUT2D eigenvalue weighted by molar-refractivity contribution is 9.10. The van der Waals surface area contributed by atoms with E-state index >= 15 is 0 Å². The van der Waals surface area contributed by atoms with Gasteiger partial charge >= 0.3 is 0 Å². The van der Waals surface area contributed by atoms with Gasteiger partial charge in [-0.1, -0.05) is 45.4 Å². The Balaban J connectivity index is 1.43. The summed E-state index contributed by atoms with van der Waals surface area (Å²) < 4.78 is 43.5. The highest BCUT2D eigenvalue weighted by atomic mass is 79.9. The van der Waals surface area contributed by atoms with Crippen LogP contribution in [0.1, 0.15) is 0 Å². The van der Waals surface area contributed by atoms with Crippen LogP contribution in [0.5, 0.6) is 0 Å². The number of rotatable bonds is 4. The Kier molecular flexibility index (Phi) is 5.60. The van der Waals surface area contributed by atoms with Crippen molar-refractivity contribution in [1.82, 2.24) is 19.8 Å². The van der Waals surface area contributed by atoms with Crippen molar-refractivity contribution in [3.63, 3.8) is 0 Å². The van der Waals surface area contributed by atoms with Crippen LogP contribution in [0.15, 0.2) is 87.2 Å². The Hall–Kier alpha value is -3.57. The van der Waals surface area contributed by atoms with Crippen molar-refractivity contribution in [3.8, 4) is 0 Å². The number of benzene rings is 3. The molecule has 5 aromatic rings. The Morgan fingerprint density at radius 1 is 0.833 bits per heavy atom. The van der Waals surface area contributed by atoms with E-state index in [1.807, 2.05) is 35.2 Å². The molecule has 1 aliphatic rings. The maximum Gasteiger partial charge on any atom is 0.229 e. The summed E-state index contributed by atoms with van der Waals surface area (Å²) in [4.78, 5) is 9.02. The van der Waals surface area contributed by atoms with Gasteiger partial charge in [-0.3, -0.25) is 0 Å². The molecule has 11 heteroatoms. The van der Waals surface area contributed by atoms with Gasteiger partial charge in [-0.15, -0.1) is 5.10 Å². The number of nitrogens with zero attached hydrogens (tertiary/aromatic N) is 6. The maximum absolute atomic E-state index is 14.3. The van der Waals surface area contributed by atoms with Crippen molar-refractivity contribution >= 4 is 53.8 Å². The van der Waals surface area contributed by atoms with Crippen LogP contribution in [0.25, 0.3) is 16.6 Å². The smallest absolute Gasteiger partial charge is 0.229 e. The highest BCUT2D eigenvalue weighted by Gasteiger charge is 2.29. The number of hydrogen-bond donors (Lipinski definition) is 0. The maximum atomic E-state index is 14.3. The van der Waals surface area contributed by atoms with E-state index in [9.17, 15) is 12.8 Å². The fourth-order valence-electron chi connectivity index (χ4n) is 4.54. The van der Waals surface area contributed by atoms with Crippen molar-refractivity contribution in [2.75, 3.05) is 36.0 Å². The van der Waals surface area contributed by atoms with Gasteiger partial charge in [-0.2, -0.15) is 4.52 Å². The van der Waals surface area contributed by atoms with Crippen LogP contribution in [0.3, 0.4) is 0 Å². The van der Waals surface area contributed by atoms with Gasteiger partial charge in [0.1, 0.15) is 11.6 Å². The Labute approximate surface area is 215 Å². The van der Waals surface area contributed by atoms with Crippen molar-refractivity contribution < 1.29 is 12.8 Å². The van der Waals surface area contributed by atoms with Gasteiger partial charge in [0, 0.05) is 36.0 Å². The van der Waals surface area contributed by atoms with E-state index in [-0.39, 0.29) is 21.4 Å². The first-order valence-corrected chi connectivity index (χ1v) is 13.6. The summed E-state index contributed by atoms with van der Waals surface area (Å²) >= 11 is 3.34. The summed E-state index contributed by atoms with van der Waals surface area (Å²) in [5.41, 5.74) is 1.45. The van der Waals surface area contributed by atoms with Crippen LogP contribution in [0.4, 0.5) is 15.9 Å². The molecule has 182 valence electrons. The molecule has 0 radical (unpaired) electrons. The molecule has 8 nitrogen and oxygen atoms in total. The zero-order valence-electron chi connectivity index (χ0n) is 18.9. The number of aromatic nitrogens is 4. The minimum Gasteiger partial charge on any atom is -0.366 e. The van der Waals surface area contributed by atoms with Gasteiger partial charge in [0.2, 0.25) is 14.9 Å². The summed E-state index contributed by atoms with van der Waals surface area (Å²) in [6, 6.07) is 20.7. The van der Waals surface area contributed by atoms with Gasteiger partial charge in [0.15, 0.2) is 5.65 Å². The highest BCUT2D eigenvalue weighted by Crippen LogP contribution is 2.31. The molecule has 3 heterocycles. The second-order valence-corrected chi connectivity index (χ2v) is 11.2. The first-order chi connectivity index (χ1) is 17.4. The lowest BCUT2D eigenvalue weighted by molar-refractivity contribution is 0.592. The molecule has 0 amide bonds. The molecule has 2 aromatic heterocycles. The van der Waals surface area contributed by atoms with Crippen molar-refractivity contribution in [2.45, 2.75) is 9.92 Å². The Bertz CT molecular complexity index is 1700. The van der Waals surface area contributed by atoms with Crippen LogP contribution in [-0.4, -0.2) is 54.4 Å². The molecule has 0 atom stereocenters. The minimum atomic E-state index is -3.95. The zero-order chi connectivity index (χ0) is 24.9. The average molecular weight is 567 g/mol. The second-order valence-electron chi connectivity index (χ2n) is 8.47. The van der Waals surface area contributed by atoms with E-state index in [0.29, 0.717) is 43.2 Å². The number of para-hydroxylation sites is 2. The fourth-order valence-corrected chi connectivity index (χ4v) is 6.03. The molecule has 3 aromatic carbocycles. The van der Waals surface area contributed by atoms with Crippen LogP contribution >= 0.6 is 15.9 Å². The predicted molar refractivity (Wildman–Crippen MR) is 139 cm³/mol. The number of hydrogen-bond acceptors (Lipinski definition) is 7. The standard InChI is InChI=1S/C25H20BrFN6O2S/c26-17-9-11-18(12-10-17)36(34,35)25-24-28-23(19-5-1-3-7-21(19)33(24)30-29-25)32-15-13-31(14-16-32)22-8-4-2-6-20(22)27/h1-12H,13-16H2. The van der Waals surface area contributed by atoms with Crippen molar-refractivity contribution in [2.24, 2.45) is 0 Å². The molecule has 36 heavy (non-hydrogen) atoms. The van der Waals surface area contributed by atoms with E-state index in [2.05, 4.69) is 31.1 Å². The Morgan fingerprint density at radius 2 is 1.50 bits per heavy atom. The summed E-state index contributed by atoms with van der Waals surface area (Å²) in [6.45, 7) is 2.39. The molecule has 1 aliphatic heterocycles. The normalized spacial score (nSPS) is 14.6. The molecule has 0 spiro atoms. The van der Waals surface area contributed by atoms with Gasteiger partial charge in [0.25, 0.3) is 0 Å². The largest absolute Gasteiger partial charge is 0.366 e. The summed E-state index contributed by atoms with van der Waals surface area (Å²) in [5.74, 6) is 0.407. The molecule has 0 unspecified atom stereocenters. The lowest BCUT2D eigenvalue weighted by Crippen LogP contribution is -2.47. The molecule has 0 saturated carbocycles. The molecule has 0 aliphatic carbocycles. The number of halogens is 2. The third-order valence-corrected chi connectivity index (χ3v) is 8.55. The van der Waals surface area contributed by atoms with Crippen LogP contribution < -0.4 is 9.80 Å². The lowest BCUT2D eigenvalue weighted by Gasteiger charge is -2.37. The Morgan fingerprint density at radius 3 is 2.25 bits per heavy atom. The number of sulfone groups is 1. The van der Waals surface area contributed by atoms with E-state index in [0.717, 1.165) is 9.86 Å². The predicted octanol–water partition coefficient (Wildman–Crippen LogP) is 4.34. The quantitative estimate of drug-likeness (QED) is 0.320. The lowest BCUT2D eigenvalue weighted by atomic mass is 10.2. The molecule has 1 saturated heterocycles. The van der Waals surface area contributed by atoms with Crippen molar-refractivity contribution in [3.05, 3.63) is 83.1 Å². The van der Waals surface area contributed by atoms with Crippen molar-refractivity contribution in [1.29, 1.82) is 0 Å². The van der Waals surface area contributed by atoms with Crippen LogP contribution in [-0.2, 0) is 9.84 Å². The van der Waals surface area contributed by atoms with Gasteiger partial charge < -0.3 is 9.80 Å². The van der Waals surface area contributed by atoms with Gasteiger partial charge in [-0.25, -0.2) is 17.8 Å². The monoisotopic (exact) mass is 566 g/mol. The molecule has 1 fully saturated rings. The molecular weight excluding hydrogens is 547 g/mol. The van der Waals surface area contributed by atoms with E-state index in [4.69, 9.17) is 4.98 Å². The molecular formula is C25H20BrFN6O2S. The number of anilines is 2. The summed E-state index contributed by atoms with van der Waals surface area (Å²) in [7, 11) is -3.95. The molecule has 0 bridgehead atoms. The first-order valence-electron chi connectivity index (χ1n) is 11.3. The van der Waals surface area contributed by atoms with E-state index < -0.39 is 9.84 Å². The van der Waals surface area contributed by atoms with Gasteiger partial charge in [-0.05, 0) is 48.5 Å². The average Bonchev–Trinajstić information content (AvgIpc) is 3.34. The van der Waals surface area contributed by atoms with Crippen LogP contribution in [0.2, 0.25) is 0 Å². The van der Waals surface area contributed by atoms with Gasteiger partial charge in [0.05, 0.1) is 16.1 Å². The summed E-state index contributed by atoms with van der Waals surface area (Å²) in [5, 5.41) is 8.84. The third-order valence-electron chi connectivity index (χ3n) is 6.35. The zero-order valence-corrected chi connectivity index (χ0v) is 21.3. The molecule has 6 rings (SSSR count). The number of piperazine rings is 1. The van der Waals surface area contributed by atoms with Crippen LogP contribution in [0, 0.1) is 5.82 Å². The summed E-state index contributed by atoms with van der Waals surface area (Å²) in [6.07, 6.45) is 0. The first kappa shape index (κ1) is 22.9. The van der Waals surface area contributed by atoms with E-state index in [1.165, 1.54) is 22.7 Å². The number of fused-ring (bicyclic) bond motifs is 3. The topological polar surface area (TPSA) is 83.7 Å². The molecule has 0 N–H and O–H groups in total. The second kappa shape index (κ2) is 8.82.